The van der Waals surface area contributed by atoms with Crippen molar-refractivity contribution in [2.24, 2.45) is 0 Å². The zero-order valence-electron chi connectivity index (χ0n) is 14.0. The van der Waals surface area contributed by atoms with Gasteiger partial charge < -0.3 is 4.42 Å². The molecule has 28 heavy (non-hydrogen) atoms. The van der Waals surface area contributed by atoms with E-state index in [2.05, 4.69) is 15.2 Å². The van der Waals surface area contributed by atoms with E-state index in [0.29, 0.717) is 11.1 Å². The standard InChI is InChI=1S/C17H11ClF2N4O3S/c18-12-6-11(28(25,26)9-10-4-2-1-3-5-10)8-24-13(12)7-21-15(24)17-23-22-16(27-17)14(19)20/h1-8,14H,9H2. The van der Waals surface area contributed by atoms with Crippen LogP contribution in [-0.2, 0) is 15.6 Å². The van der Waals surface area contributed by atoms with Crippen molar-refractivity contribution in [1.82, 2.24) is 19.6 Å². The Balaban J connectivity index is 1.80. The van der Waals surface area contributed by atoms with Crippen LogP contribution < -0.4 is 0 Å². The first-order chi connectivity index (χ1) is 13.3. The number of benzene rings is 1. The van der Waals surface area contributed by atoms with Crippen LogP contribution in [0.15, 0.2) is 58.1 Å². The molecule has 0 unspecified atom stereocenters. The molecule has 11 heteroatoms. The minimum Gasteiger partial charge on any atom is -0.412 e. The van der Waals surface area contributed by atoms with Crippen molar-refractivity contribution < 1.29 is 21.6 Å². The summed E-state index contributed by atoms with van der Waals surface area (Å²) in [6.45, 7) is 0. The predicted molar refractivity (Wildman–Crippen MR) is 95.8 cm³/mol. The SMILES string of the molecule is O=S(=O)(Cc1ccccc1)c1cc(Cl)c2cnc(-c3nnc(C(F)F)o3)n2c1. The van der Waals surface area contributed by atoms with E-state index in [0.717, 1.165) is 0 Å². The normalized spacial score (nSPS) is 12.1. The third-order valence-electron chi connectivity index (χ3n) is 3.94. The molecule has 0 atom stereocenters. The van der Waals surface area contributed by atoms with E-state index in [-0.39, 0.29) is 27.4 Å². The van der Waals surface area contributed by atoms with Crippen LogP contribution in [0.25, 0.3) is 17.2 Å². The van der Waals surface area contributed by atoms with Gasteiger partial charge in [-0.25, -0.2) is 13.4 Å². The lowest BCUT2D eigenvalue weighted by Gasteiger charge is -2.08. The number of halogens is 3. The van der Waals surface area contributed by atoms with Crippen LogP contribution in [-0.4, -0.2) is 28.0 Å². The smallest absolute Gasteiger partial charge is 0.314 e. The molecule has 7 nitrogen and oxygen atoms in total. The molecule has 0 aliphatic rings. The molecule has 0 N–H and O–H groups in total. The Labute approximate surface area is 162 Å². The Morgan fingerprint density at radius 3 is 2.61 bits per heavy atom. The van der Waals surface area contributed by atoms with Crippen LogP contribution in [0.4, 0.5) is 8.78 Å². The van der Waals surface area contributed by atoms with Crippen molar-refractivity contribution in [3.8, 4) is 11.7 Å². The van der Waals surface area contributed by atoms with Gasteiger partial charge in [-0.3, -0.25) is 4.40 Å². The van der Waals surface area contributed by atoms with E-state index >= 15 is 0 Å². The van der Waals surface area contributed by atoms with Crippen LogP contribution in [0.2, 0.25) is 5.02 Å². The fourth-order valence-corrected chi connectivity index (χ4v) is 4.33. The highest BCUT2D eigenvalue weighted by atomic mass is 35.5. The second kappa shape index (κ2) is 6.95. The van der Waals surface area contributed by atoms with Crippen molar-refractivity contribution in [2.75, 3.05) is 0 Å². The first-order valence-electron chi connectivity index (χ1n) is 7.90. The zero-order chi connectivity index (χ0) is 19.9. The molecule has 0 aliphatic carbocycles. The Kier molecular flexibility index (Phi) is 4.60. The highest BCUT2D eigenvalue weighted by Crippen LogP contribution is 2.29. The molecule has 0 spiro atoms. The highest BCUT2D eigenvalue weighted by Gasteiger charge is 2.23. The molecule has 0 fully saturated rings. The van der Waals surface area contributed by atoms with Crippen LogP contribution >= 0.6 is 11.6 Å². The first kappa shape index (κ1) is 18.5. The van der Waals surface area contributed by atoms with E-state index in [1.54, 1.807) is 30.3 Å². The summed E-state index contributed by atoms with van der Waals surface area (Å²) >= 11 is 6.22. The predicted octanol–water partition coefficient (Wildman–Crippen LogP) is 3.95. The number of nitrogens with zero attached hydrogens (tertiary/aromatic N) is 4. The maximum atomic E-state index is 12.8. The molecule has 0 bridgehead atoms. The molecular formula is C17H11ClF2N4O3S. The summed E-state index contributed by atoms with van der Waals surface area (Å²) in [7, 11) is -3.73. The monoisotopic (exact) mass is 424 g/mol. The van der Waals surface area contributed by atoms with Gasteiger partial charge in [0.1, 0.15) is 0 Å². The summed E-state index contributed by atoms with van der Waals surface area (Å²) in [6, 6.07) is 9.99. The molecule has 144 valence electrons. The largest absolute Gasteiger partial charge is 0.412 e. The topological polar surface area (TPSA) is 90.4 Å². The van der Waals surface area contributed by atoms with E-state index in [1.165, 1.54) is 22.9 Å². The summed E-state index contributed by atoms with van der Waals surface area (Å²) in [5.41, 5.74) is 0.982. The molecule has 0 radical (unpaired) electrons. The molecule has 3 aromatic heterocycles. The summed E-state index contributed by atoms with van der Waals surface area (Å²) in [4.78, 5) is 3.99. The average molecular weight is 425 g/mol. The second-order valence-corrected chi connectivity index (χ2v) is 8.25. The van der Waals surface area contributed by atoms with E-state index < -0.39 is 22.2 Å². The molecule has 4 aromatic rings. The Morgan fingerprint density at radius 2 is 1.93 bits per heavy atom. The van der Waals surface area contributed by atoms with Crippen molar-refractivity contribution in [1.29, 1.82) is 0 Å². The lowest BCUT2D eigenvalue weighted by molar-refractivity contribution is 0.116. The number of fused-ring (bicyclic) bond motifs is 1. The van der Waals surface area contributed by atoms with Gasteiger partial charge in [0.05, 0.1) is 27.4 Å². The summed E-state index contributed by atoms with van der Waals surface area (Å²) in [5.74, 6) is -1.35. The lowest BCUT2D eigenvalue weighted by atomic mass is 10.2. The van der Waals surface area contributed by atoms with E-state index in [4.69, 9.17) is 16.0 Å². The molecule has 0 amide bonds. The molecule has 4 rings (SSSR count). The van der Waals surface area contributed by atoms with Crippen LogP contribution in [0, 0.1) is 0 Å². The minimum atomic E-state index is -3.73. The molecule has 0 aliphatic heterocycles. The summed E-state index contributed by atoms with van der Waals surface area (Å²) in [5, 5.41) is 6.93. The third kappa shape index (κ3) is 3.36. The van der Waals surface area contributed by atoms with E-state index in [9.17, 15) is 17.2 Å². The van der Waals surface area contributed by atoms with Gasteiger partial charge in [0.25, 0.3) is 11.8 Å². The van der Waals surface area contributed by atoms with Crippen LogP contribution in [0.1, 0.15) is 17.9 Å². The van der Waals surface area contributed by atoms with Gasteiger partial charge in [-0.05, 0) is 11.6 Å². The number of sulfone groups is 1. The van der Waals surface area contributed by atoms with Crippen LogP contribution in [0.3, 0.4) is 0 Å². The fourth-order valence-electron chi connectivity index (χ4n) is 2.65. The van der Waals surface area contributed by atoms with Gasteiger partial charge in [0.2, 0.25) is 5.82 Å². The number of aromatic nitrogens is 4. The quantitative estimate of drug-likeness (QED) is 0.482. The number of rotatable bonds is 5. The number of hydrogen-bond acceptors (Lipinski definition) is 6. The van der Waals surface area contributed by atoms with Gasteiger partial charge >= 0.3 is 6.43 Å². The first-order valence-corrected chi connectivity index (χ1v) is 9.93. The van der Waals surface area contributed by atoms with Gasteiger partial charge in [0.15, 0.2) is 9.84 Å². The zero-order valence-corrected chi connectivity index (χ0v) is 15.5. The Morgan fingerprint density at radius 1 is 1.18 bits per heavy atom. The minimum absolute atomic E-state index is 0.00746. The average Bonchev–Trinajstić information content (AvgIpc) is 3.29. The van der Waals surface area contributed by atoms with Gasteiger partial charge in [-0.1, -0.05) is 41.9 Å². The maximum Gasteiger partial charge on any atom is 0.314 e. The number of imidazole rings is 1. The molecule has 1 aromatic carbocycles. The van der Waals surface area contributed by atoms with Crippen molar-refractivity contribution in [2.45, 2.75) is 17.1 Å². The number of alkyl halides is 2. The number of pyridine rings is 1. The third-order valence-corrected chi connectivity index (χ3v) is 5.90. The van der Waals surface area contributed by atoms with Crippen LogP contribution in [0.5, 0.6) is 0 Å². The van der Waals surface area contributed by atoms with Gasteiger partial charge in [-0.15, -0.1) is 10.2 Å². The van der Waals surface area contributed by atoms with Gasteiger partial charge in [0, 0.05) is 6.20 Å². The van der Waals surface area contributed by atoms with Gasteiger partial charge in [-0.2, -0.15) is 8.78 Å². The second-order valence-electron chi connectivity index (χ2n) is 5.85. The fraction of sp³-hybridized carbons (Fsp3) is 0.118. The molecule has 0 saturated heterocycles. The Bertz CT molecular complexity index is 1260. The molecule has 0 saturated carbocycles. The van der Waals surface area contributed by atoms with E-state index in [1.807, 2.05) is 0 Å². The molecular weight excluding hydrogens is 414 g/mol. The maximum absolute atomic E-state index is 12.8. The summed E-state index contributed by atoms with van der Waals surface area (Å²) in [6.07, 6.45) is -0.274. The van der Waals surface area contributed by atoms with Crippen molar-refractivity contribution in [3.05, 3.63) is 65.3 Å². The Hall–Kier alpha value is -2.85. The highest BCUT2D eigenvalue weighted by molar-refractivity contribution is 7.90. The molecule has 3 heterocycles. The summed E-state index contributed by atoms with van der Waals surface area (Å²) < 4.78 is 57.3. The lowest BCUT2D eigenvalue weighted by Crippen LogP contribution is -2.06. The number of hydrogen-bond donors (Lipinski definition) is 0. The van der Waals surface area contributed by atoms with Crippen molar-refractivity contribution >= 4 is 27.0 Å². The van der Waals surface area contributed by atoms with Crippen molar-refractivity contribution in [3.63, 3.8) is 0 Å².